The summed E-state index contributed by atoms with van der Waals surface area (Å²) in [5.74, 6) is 1.68. The molecule has 3 nitrogen and oxygen atoms in total. The standard InChI is InChI=1S/C18H34N2O/c1-4-15-7-10-19-16(11-15)17(21)20-13-18(12-14(2)3)8-5-6-9-18/h14-16,19H,4-13H2,1-3H3,(H,20,21). The average Bonchev–Trinajstić information content (AvgIpc) is 2.93. The Bertz CT molecular complexity index is 334. The zero-order valence-corrected chi connectivity index (χ0v) is 14.2. The first-order valence-corrected chi connectivity index (χ1v) is 9.06. The molecule has 1 amide bonds. The minimum atomic E-state index is 0.0428. The summed E-state index contributed by atoms with van der Waals surface area (Å²) in [5.41, 5.74) is 0.378. The van der Waals surface area contributed by atoms with Gasteiger partial charge in [-0.3, -0.25) is 4.79 Å². The van der Waals surface area contributed by atoms with Crippen LogP contribution in [0.15, 0.2) is 0 Å². The van der Waals surface area contributed by atoms with Crippen molar-refractivity contribution in [3.8, 4) is 0 Å². The molecule has 1 aliphatic carbocycles. The summed E-state index contributed by atoms with van der Waals surface area (Å²) in [6.45, 7) is 8.72. The fourth-order valence-electron chi connectivity index (χ4n) is 4.41. The summed E-state index contributed by atoms with van der Waals surface area (Å²) in [5, 5.41) is 6.68. The van der Waals surface area contributed by atoms with E-state index in [0.717, 1.165) is 31.3 Å². The van der Waals surface area contributed by atoms with E-state index in [4.69, 9.17) is 0 Å². The molecule has 2 rings (SSSR count). The molecule has 1 aliphatic heterocycles. The number of carbonyl (C=O) groups excluding carboxylic acids is 1. The molecule has 0 bridgehead atoms. The molecule has 0 aromatic carbocycles. The molecule has 0 radical (unpaired) electrons. The molecule has 21 heavy (non-hydrogen) atoms. The number of rotatable bonds is 6. The lowest BCUT2D eigenvalue weighted by Gasteiger charge is -2.33. The quantitative estimate of drug-likeness (QED) is 0.787. The van der Waals surface area contributed by atoms with Crippen LogP contribution < -0.4 is 10.6 Å². The van der Waals surface area contributed by atoms with Crippen LogP contribution >= 0.6 is 0 Å². The maximum Gasteiger partial charge on any atom is 0.237 e. The summed E-state index contributed by atoms with van der Waals surface area (Å²) < 4.78 is 0. The molecule has 122 valence electrons. The zero-order valence-electron chi connectivity index (χ0n) is 14.2. The van der Waals surface area contributed by atoms with Gasteiger partial charge in [-0.05, 0) is 55.9 Å². The lowest BCUT2D eigenvalue weighted by molar-refractivity contribution is -0.124. The normalized spacial score (nSPS) is 28.8. The first-order chi connectivity index (χ1) is 10.0. The summed E-state index contributed by atoms with van der Waals surface area (Å²) in [6.07, 6.45) is 9.94. The number of carbonyl (C=O) groups is 1. The predicted molar refractivity (Wildman–Crippen MR) is 88.2 cm³/mol. The van der Waals surface area contributed by atoms with E-state index >= 15 is 0 Å². The van der Waals surface area contributed by atoms with Crippen LogP contribution in [-0.4, -0.2) is 25.0 Å². The second-order valence-electron chi connectivity index (χ2n) is 7.83. The number of hydrogen-bond donors (Lipinski definition) is 2. The van der Waals surface area contributed by atoms with Gasteiger partial charge in [-0.15, -0.1) is 0 Å². The molecule has 2 aliphatic rings. The van der Waals surface area contributed by atoms with Crippen LogP contribution in [0.4, 0.5) is 0 Å². The molecule has 0 aromatic heterocycles. The molecule has 1 heterocycles. The molecule has 1 saturated heterocycles. The van der Waals surface area contributed by atoms with Crippen LogP contribution in [0.1, 0.15) is 72.1 Å². The van der Waals surface area contributed by atoms with Crippen LogP contribution in [0, 0.1) is 17.3 Å². The van der Waals surface area contributed by atoms with Crippen molar-refractivity contribution < 1.29 is 4.79 Å². The van der Waals surface area contributed by atoms with E-state index < -0.39 is 0 Å². The Kier molecular flexibility index (Phi) is 6.09. The molecular formula is C18H34N2O. The van der Waals surface area contributed by atoms with Crippen LogP contribution in [0.25, 0.3) is 0 Å². The molecule has 2 N–H and O–H groups in total. The van der Waals surface area contributed by atoms with Gasteiger partial charge in [-0.2, -0.15) is 0 Å². The average molecular weight is 294 g/mol. The van der Waals surface area contributed by atoms with E-state index in [2.05, 4.69) is 31.4 Å². The molecule has 0 aromatic rings. The summed E-state index contributed by atoms with van der Waals surface area (Å²) >= 11 is 0. The van der Waals surface area contributed by atoms with E-state index in [1.807, 2.05) is 0 Å². The van der Waals surface area contributed by atoms with Gasteiger partial charge in [0.05, 0.1) is 6.04 Å². The van der Waals surface area contributed by atoms with E-state index in [-0.39, 0.29) is 11.9 Å². The third-order valence-corrected chi connectivity index (χ3v) is 5.55. The van der Waals surface area contributed by atoms with Crippen molar-refractivity contribution in [2.75, 3.05) is 13.1 Å². The maximum absolute atomic E-state index is 12.5. The fourth-order valence-corrected chi connectivity index (χ4v) is 4.41. The van der Waals surface area contributed by atoms with Gasteiger partial charge in [0, 0.05) is 6.54 Å². The van der Waals surface area contributed by atoms with Gasteiger partial charge in [0.15, 0.2) is 0 Å². The maximum atomic E-state index is 12.5. The van der Waals surface area contributed by atoms with Crippen molar-refractivity contribution in [2.45, 2.75) is 78.2 Å². The predicted octanol–water partition coefficient (Wildman–Crippen LogP) is 3.49. The van der Waals surface area contributed by atoms with Crippen molar-refractivity contribution >= 4 is 5.91 Å². The minimum absolute atomic E-state index is 0.0428. The minimum Gasteiger partial charge on any atom is -0.354 e. The highest BCUT2D eigenvalue weighted by Gasteiger charge is 2.35. The van der Waals surface area contributed by atoms with Gasteiger partial charge in [0.25, 0.3) is 0 Å². The first-order valence-electron chi connectivity index (χ1n) is 9.06. The zero-order chi connectivity index (χ0) is 15.3. The van der Waals surface area contributed by atoms with Crippen molar-refractivity contribution in [2.24, 2.45) is 17.3 Å². The molecule has 0 spiro atoms. The fraction of sp³-hybridized carbons (Fsp3) is 0.944. The van der Waals surface area contributed by atoms with Crippen molar-refractivity contribution in [3.05, 3.63) is 0 Å². The van der Waals surface area contributed by atoms with Gasteiger partial charge in [0.2, 0.25) is 5.91 Å². The smallest absolute Gasteiger partial charge is 0.237 e. The first kappa shape index (κ1) is 16.8. The molecule has 2 unspecified atom stereocenters. The van der Waals surface area contributed by atoms with Gasteiger partial charge < -0.3 is 10.6 Å². The summed E-state index contributed by atoms with van der Waals surface area (Å²) in [7, 11) is 0. The van der Waals surface area contributed by atoms with Crippen molar-refractivity contribution in [1.82, 2.24) is 10.6 Å². The second kappa shape index (κ2) is 7.62. The van der Waals surface area contributed by atoms with E-state index in [1.165, 1.54) is 44.9 Å². The number of amides is 1. The van der Waals surface area contributed by atoms with Crippen LogP contribution in [0.3, 0.4) is 0 Å². The number of nitrogens with one attached hydrogen (secondary N) is 2. The Morgan fingerprint density at radius 2 is 2.05 bits per heavy atom. The monoisotopic (exact) mass is 294 g/mol. The highest BCUT2D eigenvalue weighted by atomic mass is 16.2. The topological polar surface area (TPSA) is 41.1 Å². The van der Waals surface area contributed by atoms with E-state index in [9.17, 15) is 4.79 Å². The molecule has 2 fully saturated rings. The molecule has 3 heteroatoms. The summed E-state index contributed by atoms with van der Waals surface area (Å²) in [4.78, 5) is 12.5. The lowest BCUT2D eigenvalue weighted by atomic mass is 9.78. The number of hydrogen-bond acceptors (Lipinski definition) is 2. The van der Waals surface area contributed by atoms with Crippen LogP contribution in [-0.2, 0) is 4.79 Å². The Morgan fingerprint density at radius 3 is 2.67 bits per heavy atom. The largest absolute Gasteiger partial charge is 0.354 e. The highest BCUT2D eigenvalue weighted by Crippen LogP contribution is 2.42. The molecule has 1 saturated carbocycles. The SMILES string of the molecule is CCC1CCNC(C(=O)NCC2(CC(C)C)CCCC2)C1. The number of piperidine rings is 1. The Labute approximate surface area is 130 Å². The van der Waals surface area contributed by atoms with Gasteiger partial charge in [-0.1, -0.05) is 40.0 Å². The Morgan fingerprint density at radius 1 is 1.33 bits per heavy atom. The van der Waals surface area contributed by atoms with Crippen LogP contribution in [0.2, 0.25) is 0 Å². The molecular weight excluding hydrogens is 260 g/mol. The van der Waals surface area contributed by atoms with Crippen molar-refractivity contribution in [1.29, 1.82) is 0 Å². The second-order valence-corrected chi connectivity index (χ2v) is 7.83. The van der Waals surface area contributed by atoms with Gasteiger partial charge in [0.1, 0.15) is 0 Å². The van der Waals surface area contributed by atoms with Crippen molar-refractivity contribution in [3.63, 3.8) is 0 Å². The third-order valence-electron chi connectivity index (χ3n) is 5.55. The van der Waals surface area contributed by atoms with Gasteiger partial charge in [-0.25, -0.2) is 0 Å². The van der Waals surface area contributed by atoms with E-state index in [0.29, 0.717) is 5.41 Å². The van der Waals surface area contributed by atoms with E-state index in [1.54, 1.807) is 0 Å². The lowest BCUT2D eigenvalue weighted by Crippen LogP contribution is -2.50. The summed E-state index contributed by atoms with van der Waals surface area (Å²) in [6, 6.07) is 0.0428. The van der Waals surface area contributed by atoms with Gasteiger partial charge >= 0.3 is 0 Å². The third kappa shape index (κ3) is 4.70. The molecule has 2 atom stereocenters. The highest BCUT2D eigenvalue weighted by molar-refractivity contribution is 5.81. The Balaban J connectivity index is 1.84. The Hall–Kier alpha value is -0.570. The van der Waals surface area contributed by atoms with Crippen LogP contribution in [0.5, 0.6) is 0 Å².